The van der Waals surface area contributed by atoms with Crippen molar-refractivity contribution in [3.63, 3.8) is 0 Å². The molecule has 1 aliphatic heterocycles. The second-order valence-electron chi connectivity index (χ2n) is 5.75. The number of likely N-dealkylation sites (tertiary alicyclic amines) is 1. The molecule has 0 saturated carbocycles. The Morgan fingerprint density at radius 3 is 2.48 bits per heavy atom. The lowest BCUT2D eigenvalue weighted by molar-refractivity contribution is 0.0787. The number of nitrogens with one attached hydrogen (secondary N) is 1. The van der Waals surface area contributed by atoms with Gasteiger partial charge in [-0.15, -0.1) is 0 Å². The summed E-state index contributed by atoms with van der Waals surface area (Å²) >= 11 is 0. The fourth-order valence-electron chi connectivity index (χ4n) is 2.61. The van der Waals surface area contributed by atoms with E-state index in [2.05, 4.69) is 10.3 Å². The van der Waals surface area contributed by atoms with Crippen LogP contribution in [0.25, 0.3) is 0 Å². The summed E-state index contributed by atoms with van der Waals surface area (Å²) in [5.41, 5.74) is 2.61. The highest BCUT2D eigenvalue weighted by Gasteiger charge is 2.21. The minimum atomic E-state index is -0.244. The number of aryl methyl sites for hydroxylation is 1. The maximum atomic E-state index is 12.3. The van der Waals surface area contributed by atoms with Gasteiger partial charge in [0.1, 0.15) is 5.69 Å². The number of carbonyl (C=O) groups excluding carboxylic acids is 2. The third-order valence-corrected chi connectivity index (χ3v) is 3.94. The molecular formula is C18H19N3O2. The van der Waals surface area contributed by atoms with Crippen molar-refractivity contribution in [2.45, 2.75) is 19.8 Å². The standard InChI is InChI=1S/C18H19N3O2/c1-13-4-6-15(7-5-13)20-17(22)14-8-9-19-16(12-14)18(23)21-10-2-3-11-21/h4-9,12H,2-3,10-11H2,1H3,(H,20,22). The first-order chi connectivity index (χ1) is 11.1. The average molecular weight is 309 g/mol. The Kier molecular flexibility index (Phi) is 4.37. The number of pyridine rings is 1. The van der Waals surface area contributed by atoms with E-state index < -0.39 is 0 Å². The molecule has 5 heteroatoms. The summed E-state index contributed by atoms with van der Waals surface area (Å²) in [5.74, 6) is -0.348. The van der Waals surface area contributed by atoms with Gasteiger partial charge in [-0.25, -0.2) is 0 Å². The van der Waals surface area contributed by atoms with Crippen LogP contribution in [0.3, 0.4) is 0 Å². The SMILES string of the molecule is Cc1ccc(NC(=O)c2ccnc(C(=O)N3CCCC3)c2)cc1. The van der Waals surface area contributed by atoms with Gasteiger partial charge in [0, 0.05) is 30.5 Å². The lowest BCUT2D eigenvalue weighted by Crippen LogP contribution is -2.28. The van der Waals surface area contributed by atoms with Crippen LogP contribution in [-0.2, 0) is 0 Å². The van der Waals surface area contributed by atoms with Gasteiger partial charge in [0.25, 0.3) is 11.8 Å². The van der Waals surface area contributed by atoms with Crippen molar-refractivity contribution in [2.24, 2.45) is 0 Å². The van der Waals surface area contributed by atoms with Crippen LogP contribution >= 0.6 is 0 Å². The second kappa shape index (κ2) is 6.60. The van der Waals surface area contributed by atoms with E-state index in [1.54, 1.807) is 17.0 Å². The van der Waals surface area contributed by atoms with Gasteiger partial charge in [0.2, 0.25) is 0 Å². The molecule has 1 aromatic carbocycles. The topological polar surface area (TPSA) is 62.3 Å². The zero-order chi connectivity index (χ0) is 16.2. The quantitative estimate of drug-likeness (QED) is 0.948. The monoisotopic (exact) mass is 309 g/mol. The Balaban J connectivity index is 1.74. The largest absolute Gasteiger partial charge is 0.337 e. The first-order valence-corrected chi connectivity index (χ1v) is 7.77. The van der Waals surface area contributed by atoms with E-state index in [-0.39, 0.29) is 11.8 Å². The highest BCUT2D eigenvalue weighted by Crippen LogP contribution is 2.14. The molecule has 1 saturated heterocycles. The van der Waals surface area contributed by atoms with Gasteiger partial charge in [-0.1, -0.05) is 17.7 Å². The normalized spacial score (nSPS) is 13.9. The van der Waals surface area contributed by atoms with Gasteiger partial charge in [0.05, 0.1) is 0 Å². The summed E-state index contributed by atoms with van der Waals surface area (Å²) in [4.78, 5) is 30.6. The van der Waals surface area contributed by atoms with Crippen LogP contribution in [0.5, 0.6) is 0 Å². The molecule has 2 amide bonds. The van der Waals surface area contributed by atoms with E-state index in [1.165, 1.54) is 6.20 Å². The van der Waals surface area contributed by atoms with Crippen molar-refractivity contribution in [2.75, 3.05) is 18.4 Å². The van der Waals surface area contributed by atoms with E-state index in [0.717, 1.165) is 37.2 Å². The molecule has 0 radical (unpaired) electrons. The van der Waals surface area contributed by atoms with Gasteiger partial charge in [-0.2, -0.15) is 0 Å². The number of anilines is 1. The summed E-state index contributed by atoms with van der Waals surface area (Å²) in [6.45, 7) is 3.52. The Morgan fingerprint density at radius 1 is 1.09 bits per heavy atom. The van der Waals surface area contributed by atoms with Crippen LogP contribution in [-0.4, -0.2) is 34.8 Å². The maximum Gasteiger partial charge on any atom is 0.272 e. The van der Waals surface area contributed by atoms with Crippen LogP contribution in [0.15, 0.2) is 42.6 Å². The first-order valence-electron chi connectivity index (χ1n) is 7.77. The minimum absolute atomic E-state index is 0.104. The van der Waals surface area contributed by atoms with Crippen LogP contribution in [0.2, 0.25) is 0 Å². The molecule has 1 N–H and O–H groups in total. The number of benzene rings is 1. The summed E-state index contributed by atoms with van der Waals surface area (Å²) < 4.78 is 0. The van der Waals surface area contributed by atoms with Crippen molar-refractivity contribution >= 4 is 17.5 Å². The van der Waals surface area contributed by atoms with Crippen LogP contribution < -0.4 is 5.32 Å². The number of rotatable bonds is 3. The summed E-state index contributed by atoms with van der Waals surface area (Å²) in [5, 5.41) is 2.83. The van der Waals surface area contributed by atoms with E-state index in [9.17, 15) is 9.59 Å². The van der Waals surface area contributed by atoms with Gasteiger partial charge >= 0.3 is 0 Å². The predicted molar refractivity (Wildman–Crippen MR) is 88.5 cm³/mol. The highest BCUT2D eigenvalue weighted by molar-refractivity contribution is 6.05. The highest BCUT2D eigenvalue weighted by atomic mass is 16.2. The average Bonchev–Trinajstić information content (AvgIpc) is 3.11. The molecule has 0 bridgehead atoms. The molecule has 5 nitrogen and oxygen atoms in total. The number of amides is 2. The fourth-order valence-corrected chi connectivity index (χ4v) is 2.61. The summed E-state index contributed by atoms with van der Waals surface area (Å²) in [6, 6.07) is 10.7. The third kappa shape index (κ3) is 3.56. The maximum absolute atomic E-state index is 12.3. The molecule has 2 aromatic rings. The molecule has 0 atom stereocenters. The summed E-state index contributed by atoms with van der Waals surface area (Å²) in [6.07, 6.45) is 3.56. The van der Waals surface area contributed by atoms with Gasteiger partial charge < -0.3 is 10.2 Å². The Morgan fingerprint density at radius 2 is 1.78 bits per heavy atom. The molecule has 118 valence electrons. The Bertz CT molecular complexity index is 719. The number of carbonyl (C=O) groups is 2. The molecule has 1 aromatic heterocycles. The molecule has 0 spiro atoms. The molecule has 23 heavy (non-hydrogen) atoms. The van der Waals surface area contributed by atoms with Crippen molar-refractivity contribution < 1.29 is 9.59 Å². The lowest BCUT2D eigenvalue weighted by atomic mass is 10.2. The zero-order valence-corrected chi connectivity index (χ0v) is 13.1. The summed E-state index contributed by atoms with van der Waals surface area (Å²) in [7, 11) is 0. The van der Waals surface area contributed by atoms with Crippen molar-refractivity contribution in [1.29, 1.82) is 0 Å². The van der Waals surface area contributed by atoms with Crippen LogP contribution in [0, 0.1) is 6.92 Å². The van der Waals surface area contributed by atoms with E-state index in [4.69, 9.17) is 0 Å². The van der Waals surface area contributed by atoms with Crippen LogP contribution in [0.4, 0.5) is 5.69 Å². The van der Waals surface area contributed by atoms with E-state index >= 15 is 0 Å². The molecular weight excluding hydrogens is 290 g/mol. The number of hydrogen-bond donors (Lipinski definition) is 1. The van der Waals surface area contributed by atoms with Crippen molar-refractivity contribution in [3.05, 3.63) is 59.4 Å². The van der Waals surface area contributed by atoms with Gasteiger partial charge in [0.15, 0.2) is 0 Å². The van der Waals surface area contributed by atoms with E-state index in [0.29, 0.717) is 11.3 Å². The zero-order valence-electron chi connectivity index (χ0n) is 13.1. The van der Waals surface area contributed by atoms with Crippen molar-refractivity contribution in [3.8, 4) is 0 Å². The Hall–Kier alpha value is -2.69. The predicted octanol–water partition coefficient (Wildman–Crippen LogP) is 2.88. The number of aromatic nitrogens is 1. The number of nitrogens with zero attached hydrogens (tertiary/aromatic N) is 2. The third-order valence-electron chi connectivity index (χ3n) is 3.94. The smallest absolute Gasteiger partial charge is 0.272 e. The van der Waals surface area contributed by atoms with Gasteiger partial charge in [-0.3, -0.25) is 14.6 Å². The minimum Gasteiger partial charge on any atom is -0.337 e. The van der Waals surface area contributed by atoms with Gasteiger partial charge in [-0.05, 0) is 44.0 Å². The molecule has 3 rings (SSSR count). The molecule has 1 fully saturated rings. The Labute approximate surface area is 135 Å². The second-order valence-corrected chi connectivity index (χ2v) is 5.75. The molecule has 1 aliphatic rings. The number of hydrogen-bond acceptors (Lipinski definition) is 3. The van der Waals surface area contributed by atoms with E-state index in [1.807, 2.05) is 31.2 Å². The molecule has 0 aliphatic carbocycles. The fraction of sp³-hybridized carbons (Fsp3) is 0.278. The van der Waals surface area contributed by atoms with Crippen LogP contribution in [0.1, 0.15) is 39.3 Å². The first kappa shape index (κ1) is 15.2. The molecule has 0 unspecified atom stereocenters. The lowest BCUT2D eigenvalue weighted by Gasteiger charge is -2.14. The van der Waals surface area contributed by atoms with Crippen molar-refractivity contribution in [1.82, 2.24) is 9.88 Å². The molecule has 2 heterocycles.